The lowest BCUT2D eigenvalue weighted by Crippen LogP contribution is -2.14. The fraction of sp³-hybridized carbons (Fsp3) is 0.214. The highest BCUT2D eigenvalue weighted by molar-refractivity contribution is 7.92. The Labute approximate surface area is 118 Å². The third-order valence-corrected chi connectivity index (χ3v) is 4.08. The van der Waals surface area contributed by atoms with Crippen molar-refractivity contribution in [3.05, 3.63) is 48.3 Å². The molecule has 1 N–H and O–H groups in total. The molecule has 6 heteroatoms. The molecule has 2 aromatic rings. The molecule has 0 aliphatic rings. The predicted octanol–water partition coefficient (Wildman–Crippen LogP) is 2.59. The molecular weight excluding hydrogens is 276 g/mol. The van der Waals surface area contributed by atoms with E-state index in [2.05, 4.69) is 9.71 Å². The maximum absolute atomic E-state index is 12.2. The van der Waals surface area contributed by atoms with Gasteiger partial charge in [-0.25, -0.2) is 8.42 Å². The third-order valence-electron chi connectivity index (χ3n) is 2.70. The first-order valence-electron chi connectivity index (χ1n) is 6.20. The van der Waals surface area contributed by atoms with Gasteiger partial charge in [0, 0.05) is 6.20 Å². The van der Waals surface area contributed by atoms with Crippen molar-refractivity contribution in [3.8, 4) is 5.75 Å². The van der Waals surface area contributed by atoms with Crippen LogP contribution in [0.1, 0.15) is 12.6 Å². The number of pyridine rings is 1. The maximum Gasteiger partial charge on any atom is 0.261 e. The molecule has 2 rings (SSSR count). The third kappa shape index (κ3) is 3.27. The molecule has 0 bridgehead atoms. The molecule has 0 saturated carbocycles. The van der Waals surface area contributed by atoms with E-state index < -0.39 is 10.0 Å². The number of anilines is 1. The van der Waals surface area contributed by atoms with Crippen LogP contribution in [0.5, 0.6) is 5.75 Å². The van der Waals surface area contributed by atoms with E-state index in [-0.39, 0.29) is 4.90 Å². The minimum Gasteiger partial charge on any atom is -0.494 e. The Kier molecular flexibility index (Phi) is 4.24. The first-order valence-corrected chi connectivity index (χ1v) is 7.68. The summed E-state index contributed by atoms with van der Waals surface area (Å²) in [6, 6.07) is 9.65. The van der Waals surface area contributed by atoms with E-state index in [9.17, 15) is 8.42 Å². The van der Waals surface area contributed by atoms with Gasteiger partial charge in [0.05, 0.1) is 22.9 Å². The smallest absolute Gasteiger partial charge is 0.261 e. The molecule has 5 nitrogen and oxygen atoms in total. The first-order chi connectivity index (χ1) is 9.53. The lowest BCUT2D eigenvalue weighted by Gasteiger charge is -2.10. The van der Waals surface area contributed by atoms with Gasteiger partial charge in [0.25, 0.3) is 10.0 Å². The number of ether oxygens (including phenoxy) is 1. The van der Waals surface area contributed by atoms with Crippen molar-refractivity contribution >= 4 is 15.7 Å². The molecule has 1 heterocycles. The van der Waals surface area contributed by atoms with Crippen molar-refractivity contribution < 1.29 is 13.2 Å². The van der Waals surface area contributed by atoms with Crippen LogP contribution in [-0.4, -0.2) is 20.0 Å². The number of aromatic nitrogens is 1. The van der Waals surface area contributed by atoms with Crippen LogP contribution in [0.2, 0.25) is 0 Å². The summed E-state index contributed by atoms with van der Waals surface area (Å²) in [7, 11) is -3.61. The Morgan fingerprint density at radius 2 is 1.90 bits per heavy atom. The quantitative estimate of drug-likeness (QED) is 0.919. The average molecular weight is 292 g/mol. The Morgan fingerprint density at radius 3 is 2.50 bits per heavy atom. The highest BCUT2D eigenvalue weighted by Gasteiger charge is 2.15. The van der Waals surface area contributed by atoms with Crippen LogP contribution in [0, 0.1) is 6.92 Å². The summed E-state index contributed by atoms with van der Waals surface area (Å²) >= 11 is 0. The van der Waals surface area contributed by atoms with Crippen molar-refractivity contribution in [2.45, 2.75) is 18.7 Å². The Hall–Kier alpha value is -2.08. The van der Waals surface area contributed by atoms with E-state index in [0.29, 0.717) is 23.7 Å². The molecule has 1 aromatic heterocycles. The topological polar surface area (TPSA) is 68.3 Å². The molecule has 1 aromatic carbocycles. The molecule has 0 atom stereocenters. The number of sulfonamides is 1. The normalized spacial score (nSPS) is 11.1. The second-order valence-corrected chi connectivity index (χ2v) is 5.83. The standard InChI is InChI=1S/C14H16N2O3S/c1-3-19-12-6-8-13(9-7-12)20(17,18)16-14-5-4-10-15-11(14)2/h4-10,16H,3H2,1-2H3. The van der Waals surface area contributed by atoms with E-state index in [0.717, 1.165) is 0 Å². The lowest BCUT2D eigenvalue weighted by molar-refractivity contribution is 0.340. The molecule has 0 aliphatic heterocycles. The summed E-state index contributed by atoms with van der Waals surface area (Å²) in [4.78, 5) is 4.23. The Balaban J connectivity index is 2.24. The van der Waals surface area contributed by atoms with Crippen LogP contribution >= 0.6 is 0 Å². The van der Waals surface area contributed by atoms with E-state index in [1.807, 2.05) is 6.92 Å². The zero-order valence-corrected chi connectivity index (χ0v) is 12.1. The number of hydrogen-bond donors (Lipinski definition) is 1. The molecule has 20 heavy (non-hydrogen) atoms. The monoisotopic (exact) mass is 292 g/mol. The molecule has 0 unspecified atom stereocenters. The van der Waals surface area contributed by atoms with Crippen molar-refractivity contribution in [2.24, 2.45) is 0 Å². The van der Waals surface area contributed by atoms with Gasteiger partial charge in [-0.1, -0.05) is 0 Å². The van der Waals surface area contributed by atoms with Crippen molar-refractivity contribution in [1.29, 1.82) is 0 Å². The summed E-state index contributed by atoms with van der Waals surface area (Å²) in [5, 5.41) is 0. The SMILES string of the molecule is CCOc1ccc(S(=O)(=O)Nc2cccnc2C)cc1. The molecule has 0 aliphatic carbocycles. The highest BCUT2D eigenvalue weighted by atomic mass is 32.2. The number of nitrogens with zero attached hydrogens (tertiary/aromatic N) is 1. The Bertz CT molecular complexity index is 682. The minimum absolute atomic E-state index is 0.184. The van der Waals surface area contributed by atoms with Crippen LogP contribution in [0.25, 0.3) is 0 Å². The molecule has 0 spiro atoms. The second kappa shape index (κ2) is 5.92. The van der Waals surface area contributed by atoms with E-state index in [1.54, 1.807) is 37.4 Å². The molecule has 0 fully saturated rings. The largest absolute Gasteiger partial charge is 0.494 e. The summed E-state index contributed by atoms with van der Waals surface area (Å²) in [6.45, 7) is 4.16. The van der Waals surface area contributed by atoms with E-state index >= 15 is 0 Å². The molecule has 0 saturated heterocycles. The predicted molar refractivity (Wildman–Crippen MR) is 77.4 cm³/mol. The van der Waals surface area contributed by atoms with Crippen molar-refractivity contribution in [3.63, 3.8) is 0 Å². The number of benzene rings is 1. The summed E-state index contributed by atoms with van der Waals surface area (Å²) < 4.78 is 32.3. The van der Waals surface area contributed by atoms with Gasteiger partial charge in [0.2, 0.25) is 0 Å². The van der Waals surface area contributed by atoms with Gasteiger partial charge in [0.15, 0.2) is 0 Å². The van der Waals surface area contributed by atoms with Crippen molar-refractivity contribution in [1.82, 2.24) is 4.98 Å². The van der Waals surface area contributed by atoms with Gasteiger partial charge in [0.1, 0.15) is 5.75 Å². The van der Waals surface area contributed by atoms with Gasteiger partial charge in [-0.15, -0.1) is 0 Å². The number of hydrogen-bond acceptors (Lipinski definition) is 4. The van der Waals surface area contributed by atoms with Crippen LogP contribution in [0.4, 0.5) is 5.69 Å². The van der Waals surface area contributed by atoms with Gasteiger partial charge in [-0.2, -0.15) is 0 Å². The first kappa shape index (κ1) is 14.3. The summed E-state index contributed by atoms with van der Waals surface area (Å²) in [5.41, 5.74) is 1.10. The van der Waals surface area contributed by atoms with Crippen molar-refractivity contribution in [2.75, 3.05) is 11.3 Å². The minimum atomic E-state index is -3.61. The fourth-order valence-corrected chi connectivity index (χ4v) is 2.79. The molecular formula is C14H16N2O3S. The van der Waals surface area contributed by atoms with E-state index in [1.165, 1.54) is 12.1 Å². The molecule has 0 radical (unpaired) electrons. The van der Waals surface area contributed by atoms with Gasteiger partial charge in [-0.3, -0.25) is 9.71 Å². The summed E-state index contributed by atoms with van der Waals surface area (Å²) in [5.74, 6) is 0.643. The zero-order chi connectivity index (χ0) is 14.6. The average Bonchev–Trinajstić information content (AvgIpc) is 2.42. The summed E-state index contributed by atoms with van der Waals surface area (Å²) in [6.07, 6.45) is 1.62. The highest BCUT2D eigenvalue weighted by Crippen LogP contribution is 2.20. The molecule has 106 valence electrons. The zero-order valence-electron chi connectivity index (χ0n) is 11.3. The second-order valence-electron chi connectivity index (χ2n) is 4.15. The number of nitrogens with one attached hydrogen (secondary N) is 1. The maximum atomic E-state index is 12.2. The number of aryl methyl sites for hydroxylation is 1. The van der Waals surface area contributed by atoms with Crippen LogP contribution in [-0.2, 0) is 10.0 Å². The van der Waals surface area contributed by atoms with Crippen LogP contribution in [0.3, 0.4) is 0 Å². The van der Waals surface area contributed by atoms with Gasteiger partial charge in [-0.05, 0) is 50.2 Å². The van der Waals surface area contributed by atoms with E-state index in [4.69, 9.17) is 4.74 Å². The van der Waals surface area contributed by atoms with Gasteiger partial charge >= 0.3 is 0 Å². The van der Waals surface area contributed by atoms with Crippen LogP contribution in [0.15, 0.2) is 47.5 Å². The lowest BCUT2D eigenvalue weighted by atomic mass is 10.3. The Morgan fingerprint density at radius 1 is 1.20 bits per heavy atom. The number of rotatable bonds is 5. The fourth-order valence-electron chi connectivity index (χ4n) is 1.68. The van der Waals surface area contributed by atoms with Crippen LogP contribution < -0.4 is 9.46 Å². The van der Waals surface area contributed by atoms with Gasteiger partial charge < -0.3 is 4.74 Å². The molecule has 0 amide bonds.